The Balaban J connectivity index is 2.59. The number of aliphatic hydroxyl groups excluding tert-OH is 2. The van der Waals surface area contributed by atoms with E-state index in [1.807, 2.05) is 0 Å². The number of hydrogen-bond donors (Lipinski definition) is 4. The summed E-state index contributed by atoms with van der Waals surface area (Å²) in [6.07, 6.45) is -2.20. The average molecular weight is 257 g/mol. The molecule has 0 aliphatic rings. The summed E-state index contributed by atoms with van der Waals surface area (Å²) in [4.78, 5) is 10.6. The number of carbonyl (C=O) groups is 1. The number of amides is 1. The van der Waals surface area contributed by atoms with Gasteiger partial charge in [0, 0.05) is 13.5 Å². The van der Waals surface area contributed by atoms with Crippen LogP contribution in [-0.2, 0) is 4.79 Å². The maximum absolute atomic E-state index is 12.8. The molecule has 2 unspecified atom stereocenters. The van der Waals surface area contributed by atoms with Gasteiger partial charge in [-0.2, -0.15) is 0 Å². The van der Waals surface area contributed by atoms with Crippen LogP contribution in [0.4, 0.5) is 4.39 Å². The summed E-state index contributed by atoms with van der Waals surface area (Å²) in [5, 5.41) is 31.1. The van der Waals surface area contributed by atoms with Gasteiger partial charge < -0.3 is 20.6 Å². The van der Waals surface area contributed by atoms with Gasteiger partial charge in [-0.1, -0.05) is 6.07 Å². The third kappa shape index (κ3) is 3.97. The molecule has 0 fully saturated rings. The first kappa shape index (κ1) is 14.4. The van der Waals surface area contributed by atoms with Gasteiger partial charge in [-0.3, -0.25) is 4.79 Å². The molecule has 0 radical (unpaired) electrons. The number of aliphatic hydroxyl groups is 2. The van der Waals surface area contributed by atoms with Crippen molar-refractivity contribution in [1.29, 1.82) is 0 Å². The summed E-state index contributed by atoms with van der Waals surface area (Å²) >= 11 is 0. The van der Waals surface area contributed by atoms with Crippen molar-refractivity contribution in [3.05, 3.63) is 29.6 Å². The van der Waals surface area contributed by atoms with Crippen LogP contribution in [0.2, 0.25) is 0 Å². The highest BCUT2D eigenvalue weighted by molar-refractivity contribution is 5.72. The zero-order chi connectivity index (χ0) is 13.7. The van der Waals surface area contributed by atoms with Gasteiger partial charge in [0.1, 0.15) is 6.10 Å². The summed E-state index contributed by atoms with van der Waals surface area (Å²) in [5.74, 6) is -1.60. The van der Waals surface area contributed by atoms with Crippen LogP contribution in [0.25, 0.3) is 0 Å². The second-order valence-corrected chi connectivity index (χ2v) is 3.99. The van der Waals surface area contributed by atoms with E-state index >= 15 is 0 Å². The Morgan fingerprint density at radius 1 is 1.44 bits per heavy atom. The summed E-state index contributed by atoms with van der Waals surface area (Å²) in [5.41, 5.74) is 0.212. The molecule has 18 heavy (non-hydrogen) atoms. The number of halogens is 1. The fourth-order valence-electron chi connectivity index (χ4n) is 1.49. The van der Waals surface area contributed by atoms with E-state index < -0.39 is 23.8 Å². The van der Waals surface area contributed by atoms with Gasteiger partial charge in [-0.25, -0.2) is 4.39 Å². The number of aromatic hydroxyl groups is 1. The quantitative estimate of drug-likeness (QED) is 0.616. The Morgan fingerprint density at radius 2 is 2.11 bits per heavy atom. The SMILES string of the molecule is CC(=O)NCCC(O)C(O)c1ccc(F)c(O)c1. The Morgan fingerprint density at radius 3 is 2.67 bits per heavy atom. The molecule has 1 rings (SSSR count). The smallest absolute Gasteiger partial charge is 0.216 e. The summed E-state index contributed by atoms with van der Waals surface area (Å²) < 4.78 is 12.8. The Hall–Kier alpha value is -1.66. The normalized spacial score (nSPS) is 14.0. The first-order valence-corrected chi connectivity index (χ1v) is 5.50. The molecule has 4 N–H and O–H groups in total. The second kappa shape index (κ2) is 6.32. The number of benzene rings is 1. The lowest BCUT2D eigenvalue weighted by atomic mass is 10.0. The molecule has 0 aromatic heterocycles. The molecule has 0 bridgehead atoms. The topological polar surface area (TPSA) is 89.8 Å². The van der Waals surface area contributed by atoms with E-state index in [9.17, 15) is 19.4 Å². The predicted octanol–water partition coefficient (Wildman–Crippen LogP) is 0.452. The predicted molar refractivity (Wildman–Crippen MR) is 62.3 cm³/mol. The monoisotopic (exact) mass is 257 g/mol. The van der Waals surface area contributed by atoms with Crippen molar-refractivity contribution in [2.75, 3.05) is 6.54 Å². The minimum atomic E-state index is -1.25. The van der Waals surface area contributed by atoms with Crippen LogP contribution in [0.3, 0.4) is 0 Å². The lowest BCUT2D eigenvalue weighted by molar-refractivity contribution is -0.119. The third-order valence-corrected chi connectivity index (χ3v) is 2.49. The van der Waals surface area contributed by atoms with Crippen LogP contribution >= 0.6 is 0 Å². The van der Waals surface area contributed by atoms with E-state index in [4.69, 9.17) is 5.11 Å². The number of phenolic OH excluding ortho intramolecular Hbond substituents is 1. The van der Waals surface area contributed by atoms with Crippen LogP contribution in [0.15, 0.2) is 18.2 Å². The van der Waals surface area contributed by atoms with Crippen molar-refractivity contribution < 1.29 is 24.5 Å². The molecular formula is C12H16FNO4. The van der Waals surface area contributed by atoms with Gasteiger partial charge in [0.2, 0.25) is 5.91 Å². The largest absolute Gasteiger partial charge is 0.505 e. The van der Waals surface area contributed by atoms with Gasteiger partial charge in [0.15, 0.2) is 11.6 Å². The molecule has 0 aliphatic carbocycles. The second-order valence-electron chi connectivity index (χ2n) is 3.99. The number of carbonyl (C=O) groups excluding carboxylic acids is 1. The van der Waals surface area contributed by atoms with Gasteiger partial charge in [0.05, 0.1) is 6.10 Å². The van der Waals surface area contributed by atoms with Crippen molar-refractivity contribution in [2.24, 2.45) is 0 Å². The Kier molecular flexibility index (Phi) is 5.06. The standard InChI is InChI=1S/C12H16FNO4/c1-7(15)14-5-4-10(16)12(18)8-2-3-9(13)11(17)6-8/h2-3,6,10,12,16-18H,4-5H2,1H3,(H,14,15). The molecular weight excluding hydrogens is 241 g/mol. The highest BCUT2D eigenvalue weighted by Crippen LogP contribution is 2.24. The van der Waals surface area contributed by atoms with Crippen molar-refractivity contribution in [3.63, 3.8) is 0 Å². The van der Waals surface area contributed by atoms with E-state index in [-0.39, 0.29) is 24.4 Å². The molecule has 1 amide bonds. The summed E-state index contributed by atoms with van der Waals surface area (Å²) in [7, 11) is 0. The van der Waals surface area contributed by atoms with Crippen molar-refractivity contribution in [1.82, 2.24) is 5.32 Å². The number of phenols is 1. The first-order valence-electron chi connectivity index (χ1n) is 5.50. The highest BCUT2D eigenvalue weighted by atomic mass is 19.1. The number of hydrogen-bond acceptors (Lipinski definition) is 4. The van der Waals surface area contributed by atoms with E-state index in [1.165, 1.54) is 13.0 Å². The van der Waals surface area contributed by atoms with Gasteiger partial charge in [-0.05, 0) is 24.1 Å². The third-order valence-electron chi connectivity index (χ3n) is 2.49. The fraction of sp³-hybridized carbons (Fsp3) is 0.417. The molecule has 0 spiro atoms. The molecule has 1 aromatic carbocycles. The Bertz CT molecular complexity index is 425. The minimum Gasteiger partial charge on any atom is -0.505 e. The lowest BCUT2D eigenvalue weighted by Gasteiger charge is -2.18. The molecule has 0 saturated carbocycles. The molecule has 2 atom stereocenters. The van der Waals surface area contributed by atoms with Crippen LogP contribution in [-0.4, -0.2) is 33.9 Å². The number of rotatable bonds is 5. The van der Waals surface area contributed by atoms with Gasteiger partial charge >= 0.3 is 0 Å². The molecule has 5 nitrogen and oxygen atoms in total. The molecule has 1 aromatic rings. The summed E-state index contributed by atoms with van der Waals surface area (Å²) in [6, 6.07) is 3.34. The van der Waals surface area contributed by atoms with Crippen LogP contribution in [0.5, 0.6) is 5.75 Å². The maximum Gasteiger partial charge on any atom is 0.216 e. The molecule has 0 saturated heterocycles. The molecule has 6 heteroatoms. The Labute approximate surface area is 104 Å². The summed E-state index contributed by atoms with van der Waals surface area (Å²) in [6.45, 7) is 1.57. The lowest BCUT2D eigenvalue weighted by Crippen LogP contribution is -2.27. The average Bonchev–Trinajstić information content (AvgIpc) is 2.31. The highest BCUT2D eigenvalue weighted by Gasteiger charge is 2.19. The molecule has 100 valence electrons. The first-order chi connectivity index (χ1) is 8.41. The van der Waals surface area contributed by atoms with E-state index in [0.29, 0.717) is 0 Å². The number of nitrogens with one attached hydrogen (secondary N) is 1. The van der Waals surface area contributed by atoms with Crippen LogP contribution < -0.4 is 5.32 Å². The maximum atomic E-state index is 12.8. The zero-order valence-corrected chi connectivity index (χ0v) is 9.93. The van der Waals surface area contributed by atoms with Gasteiger partial charge in [0.25, 0.3) is 0 Å². The van der Waals surface area contributed by atoms with Crippen molar-refractivity contribution in [3.8, 4) is 5.75 Å². The van der Waals surface area contributed by atoms with E-state index in [2.05, 4.69) is 5.32 Å². The minimum absolute atomic E-state index is 0.152. The van der Waals surface area contributed by atoms with Crippen molar-refractivity contribution >= 4 is 5.91 Å². The molecule has 0 aliphatic heterocycles. The molecule has 0 heterocycles. The zero-order valence-electron chi connectivity index (χ0n) is 9.93. The van der Waals surface area contributed by atoms with Crippen LogP contribution in [0, 0.1) is 5.82 Å². The van der Waals surface area contributed by atoms with E-state index in [1.54, 1.807) is 0 Å². The van der Waals surface area contributed by atoms with E-state index in [0.717, 1.165) is 12.1 Å². The van der Waals surface area contributed by atoms with Gasteiger partial charge in [-0.15, -0.1) is 0 Å². The fourth-order valence-corrected chi connectivity index (χ4v) is 1.49. The van der Waals surface area contributed by atoms with Crippen molar-refractivity contribution in [2.45, 2.75) is 25.6 Å². The van der Waals surface area contributed by atoms with Crippen LogP contribution in [0.1, 0.15) is 25.0 Å².